The van der Waals surface area contributed by atoms with Gasteiger partial charge in [-0.2, -0.15) is 0 Å². The Labute approximate surface area is 193 Å². The first kappa shape index (κ1) is 23.7. The van der Waals surface area contributed by atoms with E-state index in [2.05, 4.69) is 25.6 Å². The van der Waals surface area contributed by atoms with Gasteiger partial charge in [0.1, 0.15) is 29.7 Å². The zero-order valence-electron chi connectivity index (χ0n) is 19.0. The largest absolute Gasteiger partial charge is 0.488 e. The lowest BCUT2D eigenvalue weighted by Gasteiger charge is -2.14. The number of amides is 1. The number of carbonyl (C=O) groups is 1. The third-order valence-corrected chi connectivity index (χ3v) is 4.80. The van der Waals surface area contributed by atoms with Crippen LogP contribution in [0.15, 0.2) is 48.9 Å². The molecule has 0 aliphatic carbocycles. The number of hydrogen-bond acceptors (Lipinski definition) is 8. The fourth-order valence-electron chi connectivity index (χ4n) is 3.01. The van der Waals surface area contributed by atoms with Crippen molar-refractivity contribution in [1.29, 1.82) is 0 Å². The highest BCUT2D eigenvalue weighted by atomic mass is 16.5. The minimum Gasteiger partial charge on any atom is -0.488 e. The average molecular weight is 449 g/mol. The van der Waals surface area contributed by atoms with Gasteiger partial charge in [0, 0.05) is 31.1 Å². The topological polar surface area (TPSA) is 124 Å². The molecular weight excluding hydrogens is 420 g/mol. The molecular formula is C24H28N6O3. The molecule has 0 aliphatic rings. The van der Waals surface area contributed by atoms with Gasteiger partial charge in [0.25, 0.3) is 5.91 Å². The number of methoxy groups -OCH3 is 1. The number of benzene rings is 1. The quantitative estimate of drug-likeness (QED) is 0.318. The molecule has 0 radical (unpaired) electrons. The summed E-state index contributed by atoms with van der Waals surface area (Å²) < 4.78 is 11.0. The van der Waals surface area contributed by atoms with E-state index in [9.17, 15) is 4.79 Å². The van der Waals surface area contributed by atoms with Crippen LogP contribution in [0.5, 0.6) is 5.75 Å². The zero-order valence-corrected chi connectivity index (χ0v) is 19.0. The SMILES string of the molecule is C/C=C\c1c(OCc2ccnc(Nc3cnc(C(=O)NCCOC)cn3)c2)ccc(N)c1C. The lowest BCUT2D eigenvalue weighted by atomic mass is 10.1. The molecule has 172 valence electrons. The van der Waals surface area contributed by atoms with Gasteiger partial charge in [0.15, 0.2) is 0 Å². The summed E-state index contributed by atoms with van der Waals surface area (Å²) >= 11 is 0. The van der Waals surface area contributed by atoms with E-state index in [-0.39, 0.29) is 11.6 Å². The van der Waals surface area contributed by atoms with E-state index in [0.29, 0.717) is 31.4 Å². The summed E-state index contributed by atoms with van der Waals surface area (Å²) in [5.74, 6) is 1.51. The van der Waals surface area contributed by atoms with Crippen molar-refractivity contribution in [3.63, 3.8) is 0 Å². The van der Waals surface area contributed by atoms with Crippen molar-refractivity contribution in [1.82, 2.24) is 20.3 Å². The molecule has 4 N–H and O–H groups in total. The van der Waals surface area contributed by atoms with Crippen LogP contribution in [-0.2, 0) is 11.3 Å². The Morgan fingerprint density at radius 1 is 1.15 bits per heavy atom. The monoisotopic (exact) mass is 448 g/mol. The number of ether oxygens (including phenoxy) is 2. The third kappa shape index (κ3) is 6.50. The van der Waals surface area contributed by atoms with E-state index in [1.54, 1.807) is 13.3 Å². The van der Waals surface area contributed by atoms with Gasteiger partial charge in [-0.1, -0.05) is 12.2 Å². The summed E-state index contributed by atoms with van der Waals surface area (Å²) in [5, 5.41) is 5.79. The summed E-state index contributed by atoms with van der Waals surface area (Å²) in [6.07, 6.45) is 8.52. The van der Waals surface area contributed by atoms with E-state index in [0.717, 1.165) is 28.1 Å². The molecule has 0 spiro atoms. The molecule has 0 bridgehead atoms. The first-order valence-electron chi connectivity index (χ1n) is 10.5. The summed E-state index contributed by atoms with van der Waals surface area (Å²) in [6.45, 7) is 5.12. The Morgan fingerprint density at radius 2 is 2.00 bits per heavy atom. The fraction of sp³-hybridized carbons (Fsp3) is 0.250. The number of rotatable bonds is 10. The minimum atomic E-state index is -0.307. The number of hydrogen-bond donors (Lipinski definition) is 3. The molecule has 0 atom stereocenters. The van der Waals surface area contributed by atoms with Gasteiger partial charge < -0.3 is 25.8 Å². The highest BCUT2D eigenvalue weighted by molar-refractivity contribution is 5.92. The van der Waals surface area contributed by atoms with Crippen LogP contribution in [0.4, 0.5) is 17.3 Å². The summed E-state index contributed by atoms with van der Waals surface area (Å²) in [6, 6.07) is 7.47. The van der Waals surface area contributed by atoms with Crippen LogP contribution in [-0.4, -0.2) is 41.1 Å². The van der Waals surface area contributed by atoms with Crippen molar-refractivity contribution in [3.05, 3.63) is 71.3 Å². The smallest absolute Gasteiger partial charge is 0.271 e. The van der Waals surface area contributed by atoms with E-state index in [4.69, 9.17) is 15.2 Å². The molecule has 33 heavy (non-hydrogen) atoms. The van der Waals surface area contributed by atoms with Crippen molar-refractivity contribution in [2.24, 2.45) is 0 Å². The zero-order chi connectivity index (χ0) is 23.6. The predicted octanol–water partition coefficient (Wildman–Crippen LogP) is 3.49. The molecule has 2 aromatic heterocycles. The number of aromatic nitrogens is 3. The van der Waals surface area contributed by atoms with Crippen LogP contribution in [0.2, 0.25) is 0 Å². The van der Waals surface area contributed by atoms with E-state index in [1.807, 2.05) is 50.3 Å². The second kappa shape index (κ2) is 11.6. The van der Waals surface area contributed by atoms with Gasteiger partial charge in [0.2, 0.25) is 0 Å². The normalized spacial score (nSPS) is 10.9. The van der Waals surface area contributed by atoms with Gasteiger partial charge in [0.05, 0.1) is 19.0 Å². The molecule has 0 saturated carbocycles. The van der Waals surface area contributed by atoms with Gasteiger partial charge >= 0.3 is 0 Å². The second-order valence-corrected chi connectivity index (χ2v) is 7.19. The molecule has 9 heteroatoms. The summed E-state index contributed by atoms with van der Waals surface area (Å²) in [7, 11) is 1.57. The van der Waals surface area contributed by atoms with Gasteiger partial charge in [-0.05, 0) is 49.2 Å². The maximum absolute atomic E-state index is 12.0. The number of nitrogens with one attached hydrogen (secondary N) is 2. The highest BCUT2D eigenvalue weighted by Gasteiger charge is 2.09. The van der Waals surface area contributed by atoms with Crippen LogP contribution in [0.25, 0.3) is 6.08 Å². The van der Waals surface area contributed by atoms with Crippen molar-refractivity contribution in [2.75, 3.05) is 31.3 Å². The van der Waals surface area contributed by atoms with Crippen molar-refractivity contribution in [2.45, 2.75) is 20.5 Å². The number of allylic oxidation sites excluding steroid dienone is 1. The number of nitrogens with two attached hydrogens (primary N) is 1. The lowest BCUT2D eigenvalue weighted by Crippen LogP contribution is -2.27. The van der Waals surface area contributed by atoms with E-state index in [1.165, 1.54) is 12.4 Å². The number of nitrogen functional groups attached to an aromatic ring is 1. The first-order chi connectivity index (χ1) is 16.0. The fourth-order valence-corrected chi connectivity index (χ4v) is 3.01. The lowest BCUT2D eigenvalue weighted by molar-refractivity contribution is 0.0932. The molecule has 0 fully saturated rings. The molecule has 0 aliphatic heterocycles. The third-order valence-electron chi connectivity index (χ3n) is 4.80. The number of pyridine rings is 1. The molecule has 0 unspecified atom stereocenters. The van der Waals surface area contributed by atoms with Crippen molar-refractivity contribution in [3.8, 4) is 5.75 Å². The Balaban J connectivity index is 1.64. The van der Waals surface area contributed by atoms with Gasteiger partial charge in [-0.15, -0.1) is 0 Å². The number of carbonyl (C=O) groups excluding carboxylic acids is 1. The van der Waals surface area contributed by atoms with Crippen molar-refractivity contribution >= 4 is 29.3 Å². The molecule has 2 heterocycles. The first-order valence-corrected chi connectivity index (χ1v) is 10.5. The minimum absolute atomic E-state index is 0.225. The molecule has 0 saturated heterocycles. The van der Waals surface area contributed by atoms with Crippen LogP contribution in [0.1, 0.15) is 34.1 Å². The second-order valence-electron chi connectivity index (χ2n) is 7.19. The number of nitrogens with zero attached hydrogens (tertiary/aromatic N) is 3. The van der Waals surface area contributed by atoms with Gasteiger partial charge in [-0.25, -0.2) is 15.0 Å². The van der Waals surface area contributed by atoms with Crippen LogP contribution >= 0.6 is 0 Å². The Hall–Kier alpha value is -3.98. The maximum atomic E-state index is 12.0. The molecule has 1 amide bonds. The summed E-state index contributed by atoms with van der Waals surface area (Å²) in [4.78, 5) is 24.7. The van der Waals surface area contributed by atoms with E-state index < -0.39 is 0 Å². The van der Waals surface area contributed by atoms with Crippen LogP contribution in [0.3, 0.4) is 0 Å². The average Bonchev–Trinajstić information content (AvgIpc) is 2.82. The Morgan fingerprint density at radius 3 is 2.73 bits per heavy atom. The van der Waals surface area contributed by atoms with Crippen LogP contribution < -0.4 is 21.1 Å². The maximum Gasteiger partial charge on any atom is 0.271 e. The molecule has 1 aromatic carbocycles. The summed E-state index contributed by atoms with van der Waals surface area (Å²) in [5.41, 5.74) is 9.86. The van der Waals surface area contributed by atoms with Crippen LogP contribution in [0, 0.1) is 6.92 Å². The Kier molecular flexibility index (Phi) is 8.31. The predicted molar refractivity (Wildman–Crippen MR) is 128 cm³/mol. The standard InChI is InChI=1S/C24H28N6O3/c1-4-5-18-16(2)19(25)6-7-21(18)33-15-17-8-9-26-22(12-17)30-23-14-28-20(13-29-23)24(31)27-10-11-32-3/h4-9,12-14H,10-11,15,25H2,1-3H3,(H,27,31)(H,26,29,30)/b5-4-. The highest BCUT2D eigenvalue weighted by Crippen LogP contribution is 2.29. The Bertz CT molecular complexity index is 1120. The van der Waals surface area contributed by atoms with Crippen molar-refractivity contribution < 1.29 is 14.3 Å². The molecule has 9 nitrogen and oxygen atoms in total. The van der Waals surface area contributed by atoms with Gasteiger partial charge in [-0.3, -0.25) is 4.79 Å². The van der Waals surface area contributed by atoms with E-state index >= 15 is 0 Å². The molecule has 3 rings (SSSR count). The number of anilines is 3. The molecule has 3 aromatic rings.